The summed E-state index contributed by atoms with van der Waals surface area (Å²) in [5.74, 6) is -1.20. The van der Waals surface area contributed by atoms with E-state index < -0.39 is 17.6 Å². The number of halogens is 4. The second kappa shape index (κ2) is 4.96. The van der Waals surface area contributed by atoms with E-state index in [1.165, 1.54) is 0 Å². The van der Waals surface area contributed by atoms with Gasteiger partial charge in [0, 0.05) is 5.56 Å². The van der Waals surface area contributed by atoms with Gasteiger partial charge in [0.25, 0.3) is 0 Å². The predicted octanol–water partition coefficient (Wildman–Crippen LogP) is 2.61. The van der Waals surface area contributed by atoms with Crippen LogP contribution < -0.4 is 5.32 Å². The third-order valence-corrected chi connectivity index (χ3v) is 2.31. The molecule has 0 aliphatic carbocycles. The first-order valence-electron chi connectivity index (χ1n) is 5.26. The van der Waals surface area contributed by atoms with Gasteiger partial charge in [-0.25, -0.2) is 4.39 Å². The Labute approximate surface area is 105 Å². The molecule has 8 heteroatoms. The first-order chi connectivity index (χ1) is 8.91. The summed E-state index contributed by atoms with van der Waals surface area (Å²) >= 11 is 0. The summed E-state index contributed by atoms with van der Waals surface area (Å²) in [6.07, 6.45) is -4.77. The Morgan fingerprint density at radius 3 is 2.63 bits per heavy atom. The highest BCUT2D eigenvalue weighted by Crippen LogP contribution is 2.33. The molecule has 0 aliphatic rings. The van der Waals surface area contributed by atoms with E-state index in [0.717, 1.165) is 12.1 Å². The smallest absolute Gasteiger partial charge is 0.419 e. The Morgan fingerprint density at radius 2 is 2.00 bits per heavy atom. The summed E-state index contributed by atoms with van der Waals surface area (Å²) in [4.78, 5) is 0. The number of nitrogens with one attached hydrogen (secondary N) is 1. The van der Waals surface area contributed by atoms with Crippen molar-refractivity contribution in [2.75, 3.05) is 7.05 Å². The lowest BCUT2D eigenvalue weighted by Crippen LogP contribution is -2.08. The molecular weight excluding hydrogens is 266 g/mol. The van der Waals surface area contributed by atoms with E-state index in [-0.39, 0.29) is 17.3 Å². The minimum Gasteiger partial charge on any atom is -0.419 e. The highest BCUT2D eigenvalue weighted by atomic mass is 19.4. The molecule has 0 aliphatic heterocycles. The quantitative estimate of drug-likeness (QED) is 0.875. The van der Waals surface area contributed by atoms with Crippen molar-refractivity contribution in [2.24, 2.45) is 0 Å². The standard InChI is InChI=1S/C11H9F4N3O/c1-16-5-9-17-18-10(19-9)6-2-3-8(12)7(4-6)11(13,14)15/h2-4,16H,5H2,1H3. The Balaban J connectivity index is 2.39. The molecule has 0 bridgehead atoms. The van der Waals surface area contributed by atoms with Crippen molar-refractivity contribution in [3.8, 4) is 11.5 Å². The molecular formula is C11H9F4N3O. The number of alkyl halides is 3. The molecule has 1 aromatic heterocycles. The van der Waals surface area contributed by atoms with Crippen molar-refractivity contribution >= 4 is 0 Å². The van der Waals surface area contributed by atoms with Crippen molar-refractivity contribution < 1.29 is 22.0 Å². The highest BCUT2D eigenvalue weighted by Gasteiger charge is 2.34. The number of hydrogen-bond donors (Lipinski definition) is 1. The molecule has 0 saturated carbocycles. The maximum atomic E-state index is 13.1. The SMILES string of the molecule is CNCc1nnc(-c2ccc(F)c(C(F)(F)F)c2)o1. The van der Waals surface area contributed by atoms with E-state index >= 15 is 0 Å². The monoisotopic (exact) mass is 275 g/mol. The van der Waals surface area contributed by atoms with Gasteiger partial charge in [0.15, 0.2) is 0 Å². The summed E-state index contributed by atoms with van der Waals surface area (Å²) in [5.41, 5.74) is -1.35. The fourth-order valence-corrected chi connectivity index (χ4v) is 1.47. The predicted molar refractivity (Wildman–Crippen MR) is 57.5 cm³/mol. The van der Waals surface area contributed by atoms with Crippen molar-refractivity contribution in [1.29, 1.82) is 0 Å². The lowest BCUT2D eigenvalue weighted by Gasteiger charge is -2.08. The van der Waals surface area contributed by atoms with Crippen LogP contribution in [-0.2, 0) is 12.7 Å². The van der Waals surface area contributed by atoms with Gasteiger partial charge < -0.3 is 9.73 Å². The van der Waals surface area contributed by atoms with E-state index in [0.29, 0.717) is 12.6 Å². The zero-order chi connectivity index (χ0) is 14.0. The molecule has 0 spiro atoms. The van der Waals surface area contributed by atoms with Crippen molar-refractivity contribution in [2.45, 2.75) is 12.7 Å². The molecule has 0 unspecified atom stereocenters. The molecule has 0 saturated heterocycles. The number of rotatable bonds is 3. The molecule has 19 heavy (non-hydrogen) atoms. The maximum Gasteiger partial charge on any atom is 0.419 e. The molecule has 4 nitrogen and oxygen atoms in total. The van der Waals surface area contributed by atoms with Crippen LogP contribution in [0.15, 0.2) is 22.6 Å². The van der Waals surface area contributed by atoms with Crippen molar-refractivity contribution in [1.82, 2.24) is 15.5 Å². The third kappa shape index (κ3) is 2.90. The van der Waals surface area contributed by atoms with Gasteiger partial charge in [0.1, 0.15) is 5.82 Å². The van der Waals surface area contributed by atoms with Crippen LogP contribution in [0.25, 0.3) is 11.5 Å². The molecule has 2 aromatic rings. The molecule has 2 rings (SSSR count). The van der Waals surface area contributed by atoms with Gasteiger partial charge in [0.2, 0.25) is 11.8 Å². The van der Waals surface area contributed by atoms with E-state index in [1.807, 2.05) is 0 Å². The third-order valence-electron chi connectivity index (χ3n) is 2.31. The molecule has 0 atom stereocenters. The van der Waals surface area contributed by atoms with Gasteiger partial charge in [-0.3, -0.25) is 0 Å². The van der Waals surface area contributed by atoms with Gasteiger partial charge in [0.05, 0.1) is 12.1 Å². The minimum absolute atomic E-state index is 0.0172. The van der Waals surface area contributed by atoms with Crippen molar-refractivity contribution in [3.63, 3.8) is 0 Å². The molecule has 0 fully saturated rings. The molecule has 0 amide bonds. The zero-order valence-corrected chi connectivity index (χ0v) is 9.75. The second-order valence-corrected chi connectivity index (χ2v) is 3.72. The van der Waals surface area contributed by atoms with E-state index in [1.54, 1.807) is 7.05 Å². The van der Waals surface area contributed by atoms with Crippen LogP contribution in [0, 0.1) is 5.82 Å². The Hall–Kier alpha value is -1.96. The molecule has 1 heterocycles. The van der Waals surface area contributed by atoms with Gasteiger partial charge in [-0.15, -0.1) is 10.2 Å². The Bertz CT molecular complexity index is 580. The summed E-state index contributed by atoms with van der Waals surface area (Å²) < 4.78 is 55.9. The number of hydrogen-bond acceptors (Lipinski definition) is 4. The summed E-state index contributed by atoms with van der Waals surface area (Å²) in [6, 6.07) is 2.52. The average Bonchev–Trinajstić information content (AvgIpc) is 2.77. The lowest BCUT2D eigenvalue weighted by molar-refractivity contribution is -0.139. The van der Waals surface area contributed by atoms with E-state index in [9.17, 15) is 17.6 Å². The van der Waals surface area contributed by atoms with E-state index in [2.05, 4.69) is 15.5 Å². The largest absolute Gasteiger partial charge is 0.419 e. The summed E-state index contributed by atoms with van der Waals surface area (Å²) in [6.45, 7) is 0.292. The fraction of sp³-hybridized carbons (Fsp3) is 0.273. The molecule has 102 valence electrons. The van der Waals surface area contributed by atoms with Crippen LogP contribution in [0.5, 0.6) is 0 Å². The Kier molecular flexibility index (Phi) is 3.52. The van der Waals surface area contributed by atoms with Crippen LogP contribution in [-0.4, -0.2) is 17.2 Å². The van der Waals surface area contributed by atoms with Crippen LogP contribution in [0.3, 0.4) is 0 Å². The number of benzene rings is 1. The minimum atomic E-state index is -4.77. The van der Waals surface area contributed by atoms with Gasteiger partial charge >= 0.3 is 6.18 Å². The van der Waals surface area contributed by atoms with Crippen LogP contribution in [0.4, 0.5) is 17.6 Å². The first-order valence-corrected chi connectivity index (χ1v) is 5.26. The summed E-state index contributed by atoms with van der Waals surface area (Å²) in [5, 5.41) is 10.0. The van der Waals surface area contributed by atoms with Crippen LogP contribution >= 0.6 is 0 Å². The van der Waals surface area contributed by atoms with E-state index in [4.69, 9.17) is 4.42 Å². The molecule has 0 radical (unpaired) electrons. The lowest BCUT2D eigenvalue weighted by atomic mass is 10.1. The fourth-order valence-electron chi connectivity index (χ4n) is 1.47. The first kappa shape index (κ1) is 13.5. The molecule has 1 N–H and O–H groups in total. The number of aromatic nitrogens is 2. The zero-order valence-electron chi connectivity index (χ0n) is 9.75. The highest BCUT2D eigenvalue weighted by molar-refractivity contribution is 5.54. The topological polar surface area (TPSA) is 51.0 Å². The normalized spacial score (nSPS) is 11.8. The van der Waals surface area contributed by atoms with Gasteiger partial charge in [-0.05, 0) is 25.2 Å². The maximum absolute atomic E-state index is 13.1. The number of nitrogens with zero attached hydrogens (tertiary/aromatic N) is 2. The van der Waals surface area contributed by atoms with Gasteiger partial charge in [-0.2, -0.15) is 13.2 Å². The average molecular weight is 275 g/mol. The molecule has 1 aromatic carbocycles. The van der Waals surface area contributed by atoms with Gasteiger partial charge in [-0.1, -0.05) is 0 Å². The van der Waals surface area contributed by atoms with Crippen LogP contribution in [0.1, 0.15) is 11.5 Å². The Morgan fingerprint density at radius 1 is 1.26 bits per heavy atom. The second-order valence-electron chi connectivity index (χ2n) is 3.72. The summed E-state index contributed by atoms with van der Waals surface area (Å²) in [7, 11) is 1.66. The van der Waals surface area contributed by atoms with Crippen molar-refractivity contribution in [3.05, 3.63) is 35.5 Å². The van der Waals surface area contributed by atoms with Crippen LogP contribution in [0.2, 0.25) is 0 Å².